The third-order valence-electron chi connectivity index (χ3n) is 6.37. The summed E-state index contributed by atoms with van der Waals surface area (Å²) >= 11 is 0. The van der Waals surface area contributed by atoms with E-state index in [0.717, 1.165) is 35.5 Å². The van der Waals surface area contributed by atoms with Gasteiger partial charge in [0.2, 0.25) is 5.72 Å². The molecule has 154 valence electrons. The van der Waals surface area contributed by atoms with Gasteiger partial charge in [-0.3, -0.25) is 4.90 Å². The maximum absolute atomic E-state index is 6.94. The Bertz CT molecular complexity index is 1150. The van der Waals surface area contributed by atoms with E-state index in [0.29, 0.717) is 0 Å². The van der Waals surface area contributed by atoms with E-state index in [1.165, 1.54) is 30.4 Å². The van der Waals surface area contributed by atoms with Crippen LogP contribution in [0.2, 0.25) is 0 Å². The SMILES string of the molecule is CC1=C(C#Cc2ccccc2)c2ccccc2OC1(c1ccccc1)N1CCCCC1. The number of rotatable bonds is 2. The number of likely N-dealkylation sites (tertiary alicyclic amines) is 1. The van der Waals surface area contributed by atoms with E-state index in [1.807, 2.05) is 24.3 Å². The molecule has 2 heteroatoms. The smallest absolute Gasteiger partial charge is 0.213 e. The first-order chi connectivity index (χ1) is 15.3. The molecule has 1 fully saturated rings. The summed E-state index contributed by atoms with van der Waals surface area (Å²) in [6.45, 7) is 4.24. The lowest BCUT2D eigenvalue weighted by Crippen LogP contribution is -2.54. The van der Waals surface area contributed by atoms with Crippen LogP contribution in [0, 0.1) is 11.8 Å². The van der Waals surface area contributed by atoms with Gasteiger partial charge in [0, 0.05) is 40.9 Å². The van der Waals surface area contributed by atoms with E-state index < -0.39 is 5.72 Å². The van der Waals surface area contributed by atoms with Crippen LogP contribution in [0.25, 0.3) is 5.57 Å². The molecule has 2 nitrogen and oxygen atoms in total. The van der Waals surface area contributed by atoms with Gasteiger partial charge in [0.05, 0.1) is 0 Å². The first-order valence-corrected chi connectivity index (χ1v) is 11.2. The first kappa shape index (κ1) is 19.7. The van der Waals surface area contributed by atoms with Gasteiger partial charge in [-0.25, -0.2) is 0 Å². The summed E-state index contributed by atoms with van der Waals surface area (Å²) in [5.74, 6) is 7.83. The van der Waals surface area contributed by atoms with Crippen LogP contribution in [0.1, 0.15) is 42.9 Å². The average molecular weight is 406 g/mol. The largest absolute Gasteiger partial charge is 0.464 e. The highest BCUT2D eigenvalue weighted by Crippen LogP contribution is 2.48. The van der Waals surface area contributed by atoms with Crippen LogP contribution in [-0.4, -0.2) is 18.0 Å². The second kappa shape index (κ2) is 8.46. The van der Waals surface area contributed by atoms with Gasteiger partial charge in [-0.05, 0) is 44.0 Å². The number of fused-ring (bicyclic) bond motifs is 1. The molecule has 1 saturated heterocycles. The molecule has 0 saturated carbocycles. The second-order valence-corrected chi connectivity index (χ2v) is 8.27. The van der Waals surface area contributed by atoms with E-state index in [-0.39, 0.29) is 0 Å². The van der Waals surface area contributed by atoms with Crippen LogP contribution in [0.5, 0.6) is 5.75 Å². The van der Waals surface area contributed by atoms with Crippen molar-refractivity contribution in [3.05, 3.63) is 107 Å². The molecule has 0 spiro atoms. The Hall–Kier alpha value is -3.28. The molecule has 2 heterocycles. The summed E-state index contributed by atoms with van der Waals surface area (Å²) in [4.78, 5) is 2.52. The number of ether oxygens (including phenoxy) is 1. The molecule has 0 N–H and O–H groups in total. The Morgan fingerprint density at radius 2 is 1.39 bits per heavy atom. The van der Waals surface area contributed by atoms with Crippen molar-refractivity contribution in [3.63, 3.8) is 0 Å². The molecule has 0 amide bonds. The number of benzene rings is 3. The van der Waals surface area contributed by atoms with Crippen molar-refractivity contribution in [2.45, 2.75) is 31.9 Å². The third kappa shape index (κ3) is 3.56. The fourth-order valence-corrected chi connectivity index (χ4v) is 4.82. The Labute approximate surface area is 185 Å². The fourth-order valence-electron chi connectivity index (χ4n) is 4.82. The number of hydrogen-bond donors (Lipinski definition) is 0. The van der Waals surface area contributed by atoms with Crippen LogP contribution in [-0.2, 0) is 5.72 Å². The Morgan fingerprint density at radius 3 is 2.13 bits per heavy atom. The van der Waals surface area contributed by atoms with Crippen LogP contribution in [0.3, 0.4) is 0 Å². The maximum atomic E-state index is 6.94. The van der Waals surface area contributed by atoms with E-state index in [2.05, 4.69) is 84.3 Å². The molecule has 1 unspecified atom stereocenters. The van der Waals surface area contributed by atoms with E-state index in [9.17, 15) is 0 Å². The molecule has 2 aliphatic rings. The highest BCUT2D eigenvalue weighted by molar-refractivity contribution is 5.87. The molecule has 0 aliphatic carbocycles. The minimum absolute atomic E-state index is 0.628. The molecular formula is C29H27NO. The summed E-state index contributed by atoms with van der Waals surface area (Å²) in [5.41, 5.74) is 4.88. The summed E-state index contributed by atoms with van der Waals surface area (Å²) in [5, 5.41) is 0. The average Bonchev–Trinajstić information content (AvgIpc) is 2.85. The maximum Gasteiger partial charge on any atom is 0.213 e. The van der Waals surface area contributed by atoms with E-state index in [1.54, 1.807) is 0 Å². The van der Waals surface area contributed by atoms with Crippen molar-refractivity contribution in [1.82, 2.24) is 4.90 Å². The summed E-state index contributed by atoms with van der Waals surface area (Å²) in [6, 6.07) is 29.2. The Balaban J connectivity index is 1.74. The summed E-state index contributed by atoms with van der Waals surface area (Å²) < 4.78 is 6.94. The quantitative estimate of drug-likeness (QED) is 0.468. The lowest BCUT2D eigenvalue weighted by Gasteiger charge is -2.49. The highest BCUT2D eigenvalue weighted by Gasteiger charge is 2.47. The predicted molar refractivity (Wildman–Crippen MR) is 127 cm³/mol. The zero-order valence-electron chi connectivity index (χ0n) is 18.0. The lowest BCUT2D eigenvalue weighted by molar-refractivity contribution is -0.0724. The number of nitrogens with zero attached hydrogens (tertiary/aromatic N) is 1. The second-order valence-electron chi connectivity index (χ2n) is 8.27. The standard InChI is InChI=1S/C29H27NO/c1-23-26(20-19-24-13-5-2-6-14-24)27-17-9-10-18-28(27)31-29(23,25-15-7-3-8-16-25)30-21-11-4-12-22-30/h2-3,5-10,13-18H,4,11-12,21-22H2,1H3. The van der Waals surface area contributed by atoms with Crippen molar-refractivity contribution >= 4 is 5.57 Å². The van der Waals surface area contributed by atoms with Crippen LogP contribution >= 0.6 is 0 Å². The Morgan fingerprint density at radius 1 is 0.742 bits per heavy atom. The van der Waals surface area contributed by atoms with Crippen molar-refractivity contribution in [1.29, 1.82) is 0 Å². The van der Waals surface area contributed by atoms with Gasteiger partial charge in [-0.15, -0.1) is 0 Å². The molecule has 0 aromatic heterocycles. The minimum atomic E-state index is -0.628. The van der Waals surface area contributed by atoms with Crippen molar-refractivity contribution in [2.24, 2.45) is 0 Å². The van der Waals surface area contributed by atoms with E-state index >= 15 is 0 Å². The number of para-hydroxylation sites is 1. The molecule has 3 aromatic rings. The minimum Gasteiger partial charge on any atom is -0.464 e. The van der Waals surface area contributed by atoms with Gasteiger partial charge in [-0.1, -0.05) is 78.9 Å². The number of hydrogen-bond acceptors (Lipinski definition) is 2. The van der Waals surface area contributed by atoms with Crippen LogP contribution in [0.15, 0.2) is 90.5 Å². The molecule has 1 atom stereocenters. The number of allylic oxidation sites excluding steroid dienone is 1. The van der Waals surface area contributed by atoms with E-state index in [4.69, 9.17) is 4.74 Å². The molecule has 5 rings (SSSR count). The van der Waals surface area contributed by atoms with Crippen molar-refractivity contribution in [2.75, 3.05) is 13.1 Å². The lowest BCUT2D eigenvalue weighted by atomic mass is 9.83. The zero-order chi connectivity index (χ0) is 21.1. The molecular weight excluding hydrogens is 378 g/mol. The first-order valence-electron chi connectivity index (χ1n) is 11.2. The normalized spacial score (nSPS) is 20.9. The van der Waals surface area contributed by atoms with Gasteiger partial charge in [0.15, 0.2) is 0 Å². The summed E-state index contributed by atoms with van der Waals surface area (Å²) in [7, 11) is 0. The molecule has 0 radical (unpaired) electrons. The monoisotopic (exact) mass is 405 g/mol. The highest BCUT2D eigenvalue weighted by atomic mass is 16.5. The van der Waals surface area contributed by atoms with Crippen molar-refractivity contribution in [3.8, 4) is 17.6 Å². The zero-order valence-corrected chi connectivity index (χ0v) is 18.0. The fraction of sp³-hybridized carbons (Fsp3) is 0.241. The predicted octanol–water partition coefficient (Wildman–Crippen LogP) is 6.24. The Kier molecular flexibility index (Phi) is 5.37. The molecule has 0 bridgehead atoms. The number of piperidine rings is 1. The topological polar surface area (TPSA) is 12.5 Å². The van der Waals surface area contributed by atoms with Gasteiger partial charge in [0.25, 0.3) is 0 Å². The van der Waals surface area contributed by atoms with Crippen molar-refractivity contribution < 1.29 is 4.74 Å². The third-order valence-corrected chi connectivity index (χ3v) is 6.37. The van der Waals surface area contributed by atoms with Crippen LogP contribution in [0.4, 0.5) is 0 Å². The molecule has 2 aliphatic heterocycles. The summed E-state index contributed by atoms with van der Waals surface area (Å²) in [6.07, 6.45) is 3.66. The van der Waals surface area contributed by atoms with Gasteiger partial charge in [-0.2, -0.15) is 0 Å². The van der Waals surface area contributed by atoms with Gasteiger partial charge < -0.3 is 4.74 Å². The molecule has 31 heavy (non-hydrogen) atoms. The van der Waals surface area contributed by atoms with Gasteiger partial charge >= 0.3 is 0 Å². The van der Waals surface area contributed by atoms with Crippen LogP contribution < -0.4 is 4.74 Å². The van der Waals surface area contributed by atoms with Gasteiger partial charge in [0.1, 0.15) is 5.75 Å². The molecule has 3 aromatic carbocycles.